The monoisotopic (exact) mass is 416 g/mol. The van der Waals surface area contributed by atoms with Crippen molar-refractivity contribution >= 4 is 0 Å². The third kappa shape index (κ3) is 3.94. The van der Waals surface area contributed by atoms with E-state index in [2.05, 4.69) is 33.8 Å². The SMILES string of the molecule is CC(CCO)CCC[C@@H](C)[C@H]1CC[C@H]2[C@@H]3CC=C4C[C@@H](O)CC[C@]4(C)[C@H]3CC[C@]12C. The van der Waals surface area contributed by atoms with Gasteiger partial charge in [0.25, 0.3) is 0 Å². The number of fused-ring (bicyclic) bond motifs is 5. The van der Waals surface area contributed by atoms with Crippen molar-refractivity contribution in [2.75, 3.05) is 6.61 Å². The van der Waals surface area contributed by atoms with Gasteiger partial charge in [-0.25, -0.2) is 0 Å². The molecule has 1 unspecified atom stereocenters. The highest BCUT2D eigenvalue weighted by molar-refractivity contribution is 5.25. The summed E-state index contributed by atoms with van der Waals surface area (Å²) in [6.07, 6.45) is 17.6. The highest BCUT2D eigenvalue weighted by Gasteiger charge is 2.59. The van der Waals surface area contributed by atoms with Gasteiger partial charge in [-0.2, -0.15) is 0 Å². The first-order valence-corrected chi connectivity index (χ1v) is 13.3. The van der Waals surface area contributed by atoms with E-state index in [1.807, 2.05) is 0 Å². The predicted molar refractivity (Wildman–Crippen MR) is 125 cm³/mol. The zero-order valence-corrected chi connectivity index (χ0v) is 20.2. The molecule has 0 saturated heterocycles. The minimum absolute atomic E-state index is 0.0912. The van der Waals surface area contributed by atoms with Gasteiger partial charge in [-0.05, 0) is 104 Å². The highest BCUT2D eigenvalue weighted by atomic mass is 16.3. The second-order valence-corrected chi connectivity index (χ2v) is 12.4. The van der Waals surface area contributed by atoms with E-state index in [-0.39, 0.29) is 6.10 Å². The Morgan fingerprint density at radius 3 is 2.57 bits per heavy atom. The molecule has 0 spiro atoms. The maximum atomic E-state index is 10.2. The first kappa shape index (κ1) is 22.8. The molecule has 2 N–H and O–H groups in total. The lowest BCUT2D eigenvalue weighted by molar-refractivity contribution is -0.0573. The van der Waals surface area contributed by atoms with Crippen molar-refractivity contribution in [2.24, 2.45) is 46.3 Å². The number of aliphatic hydroxyl groups excluding tert-OH is 2. The molecule has 2 heteroatoms. The molecule has 0 amide bonds. The lowest BCUT2D eigenvalue weighted by atomic mass is 9.47. The molecule has 3 saturated carbocycles. The van der Waals surface area contributed by atoms with Gasteiger partial charge in [-0.3, -0.25) is 0 Å². The van der Waals surface area contributed by atoms with E-state index in [1.165, 1.54) is 57.8 Å². The highest BCUT2D eigenvalue weighted by Crippen LogP contribution is 2.67. The van der Waals surface area contributed by atoms with E-state index in [0.29, 0.717) is 23.4 Å². The summed E-state index contributed by atoms with van der Waals surface area (Å²) >= 11 is 0. The van der Waals surface area contributed by atoms with Crippen molar-refractivity contribution in [3.63, 3.8) is 0 Å². The maximum Gasteiger partial charge on any atom is 0.0577 e. The molecular formula is C28H48O2. The van der Waals surface area contributed by atoms with Crippen molar-refractivity contribution in [1.82, 2.24) is 0 Å². The first-order valence-electron chi connectivity index (χ1n) is 13.3. The van der Waals surface area contributed by atoms with E-state index in [4.69, 9.17) is 5.11 Å². The van der Waals surface area contributed by atoms with Gasteiger partial charge in [0.2, 0.25) is 0 Å². The van der Waals surface area contributed by atoms with E-state index < -0.39 is 0 Å². The average molecular weight is 417 g/mol. The second kappa shape index (κ2) is 8.89. The van der Waals surface area contributed by atoms with Gasteiger partial charge in [0.05, 0.1) is 6.10 Å². The summed E-state index contributed by atoms with van der Waals surface area (Å²) in [7, 11) is 0. The Labute approximate surface area is 185 Å². The molecule has 4 rings (SSSR count). The van der Waals surface area contributed by atoms with Crippen LogP contribution in [0.3, 0.4) is 0 Å². The summed E-state index contributed by atoms with van der Waals surface area (Å²) in [5.74, 6) is 5.07. The van der Waals surface area contributed by atoms with Crippen LogP contribution in [0, 0.1) is 46.3 Å². The molecule has 0 aromatic rings. The minimum Gasteiger partial charge on any atom is -0.396 e. The van der Waals surface area contributed by atoms with E-state index in [0.717, 1.165) is 48.9 Å². The van der Waals surface area contributed by atoms with Gasteiger partial charge >= 0.3 is 0 Å². The molecule has 0 heterocycles. The van der Waals surface area contributed by atoms with Crippen molar-refractivity contribution in [1.29, 1.82) is 0 Å². The smallest absolute Gasteiger partial charge is 0.0577 e. The maximum absolute atomic E-state index is 10.2. The van der Waals surface area contributed by atoms with Gasteiger partial charge in [-0.1, -0.05) is 58.6 Å². The molecule has 4 aliphatic rings. The molecular weight excluding hydrogens is 368 g/mol. The van der Waals surface area contributed by atoms with E-state index in [9.17, 15) is 5.11 Å². The molecule has 0 aromatic carbocycles. The molecule has 9 atom stereocenters. The zero-order chi connectivity index (χ0) is 21.5. The topological polar surface area (TPSA) is 40.5 Å². The number of hydrogen-bond donors (Lipinski definition) is 2. The lowest BCUT2D eigenvalue weighted by Gasteiger charge is -2.58. The van der Waals surface area contributed by atoms with Crippen LogP contribution in [-0.4, -0.2) is 22.9 Å². The average Bonchev–Trinajstić information content (AvgIpc) is 3.06. The molecule has 0 bridgehead atoms. The Morgan fingerprint density at radius 2 is 1.80 bits per heavy atom. The number of hydrogen-bond acceptors (Lipinski definition) is 2. The Hall–Kier alpha value is -0.340. The molecule has 0 aliphatic heterocycles. The number of aliphatic hydroxyl groups is 2. The fraction of sp³-hybridized carbons (Fsp3) is 0.929. The molecule has 2 nitrogen and oxygen atoms in total. The summed E-state index contributed by atoms with van der Waals surface area (Å²) in [5.41, 5.74) is 2.52. The Kier molecular flexibility index (Phi) is 6.77. The second-order valence-electron chi connectivity index (χ2n) is 12.4. The van der Waals surface area contributed by atoms with Crippen LogP contribution in [0.1, 0.15) is 105 Å². The summed E-state index contributed by atoms with van der Waals surface area (Å²) < 4.78 is 0. The van der Waals surface area contributed by atoms with Crippen molar-refractivity contribution in [3.05, 3.63) is 11.6 Å². The summed E-state index contributed by atoms with van der Waals surface area (Å²) in [6.45, 7) is 10.4. The molecule has 4 aliphatic carbocycles. The van der Waals surface area contributed by atoms with Crippen LogP contribution in [-0.2, 0) is 0 Å². The summed E-state index contributed by atoms with van der Waals surface area (Å²) in [6, 6.07) is 0. The summed E-state index contributed by atoms with van der Waals surface area (Å²) in [4.78, 5) is 0. The van der Waals surface area contributed by atoms with Gasteiger partial charge in [-0.15, -0.1) is 0 Å². The molecule has 0 radical (unpaired) electrons. The zero-order valence-electron chi connectivity index (χ0n) is 20.2. The lowest BCUT2D eigenvalue weighted by Crippen LogP contribution is -2.50. The molecule has 30 heavy (non-hydrogen) atoms. The number of allylic oxidation sites excluding steroid dienone is 1. The van der Waals surface area contributed by atoms with Gasteiger partial charge in [0, 0.05) is 6.61 Å². The quantitative estimate of drug-likeness (QED) is 0.451. The van der Waals surface area contributed by atoms with Crippen LogP contribution < -0.4 is 0 Å². The fourth-order valence-corrected chi connectivity index (χ4v) is 8.97. The third-order valence-corrected chi connectivity index (χ3v) is 10.8. The van der Waals surface area contributed by atoms with Crippen LogP contribution in [0.5, 0.6) is 0 Å². The van der Waals surface area contributed by atoms with Crippen LogP contribution in [0.25, 0.3) is 0 Å². The van der Waals surface area contributed by atoms with Gasteiger partial charge in [0.15, 0.2) is 0 Å². The van der Waals surface area contributed by atoms with Crippen molar-refractivity contribution < 1.29 is 10.2 Å². The first-order chi connectivity index (χ1) is 14.3. The number of rotatable bonds is 7. The van der Waals surface area contributed by atoms with Crippen LogP contribution in [0.15, 0.2) is 11.6 Å². The standard InChI is InChI=1S/C28H48O2/c1-19(14-17-29)6-5-7-20(2)24-10-11-25-23-9-8-21-18-22(30)12-15-27(21,3)26(23)13-16-28(24,25)4/h8,19-20,22-26,29-30H,5-7,9-18H2,1-4H3/t19?,20-,22+,23+,24-,25+,26+,27+,28-/m1/s1. The molecule has 172 valence electrons. The predicted octanol–water partition coefficient (Wildman–Crippen LogP) is 6.75. The molecule has 0 aromatic heterocycles. The van der Waals surface area contributed by atoms with E-state index in [1.54, 1.807) is 5.57 Å². The van der Waals surface area contributed by atoms with Crippen molar-refractivity contribution in [3.8, 4) is 0 Å². The fourth-order valence-electron chi connectivity index (χ4n) is 8.97. The van der Waals surface area contributed by atoms with Gasteiger partial charge < -0.3 is 10.2 Å². The van der Waals surface area contributed by atoms with Crippen LogP contribution in [0.4, 0.5) is 0 Å². The van der Waals surface area contributed by atoms with E-state index >= 15 is 0 Å². The molecule has 3 fully saturated rings. The summed E-state index contributed by atoms with van der Waals surface area (Å²) in [5, 5.41) is 19.4. The Bertz CT molecular complexity index is 626. The third-order valence-electron chi connectivity index (χ3n) is 10.8. The van der Waals surface area contributed by atoms with Crippen LogP contribution >= 0.6 is 0 Å². The minimum atomic E-state index is -0.0912. The normalized spacial score (nSPS) is 45.1. The Morgan fingerprint density at radius 1 is 1.00 bits per heavy atom. The Balaban J connectivity index is 1.42. The van der Waals surface area contributed by atoms with Crippen molar-refractivity contribution in [2.45, 2.75) is 111 Å². The largest absolute Gasteiger partial charge is 0.396 e. The van der Waals surface area contributed by atoms with Crippen LogP contribution in [0.2, 0.25) is 0 Å². The van der Waals surface area contributed by atoms with Gasteiger partial charge in [0.1, 0.15) is 0 Å².